The predicted octanol–water partition coefficient (Wildman–Crippen LogP) is 0.786. The van der Waals surface area contributed by atoms with Gasteiger partial charge in [0, 0.05) is 20.1 Å². The number of nitrogens with one attached hydrogen (secondary N) is 1. The molecule has 0 spiro atoms. The number of hydrogen-bond acceptors (Lipinski definition) is 3. The minimum absolute atomic E-state index is 0.132. The summed E-state index contributed by atoms with van der Waals surface area (Å²) in [6.45, 7) is 5.85. The van der Waals surface area contributed by atoms with Gasteiger partial charge >= 0.3 is 0 Å². The van der Waals surface area contributed by atoms with Crippen molar-refractivity contribution in [2.24, 2.45) is 5.41 Å². The van der Waals surface area contributed by atoms with E-state index in [0.29, 0.717) is 5.91 Å². The van der Waals surface area contributed by atoms with E-state index >= 15 is 0 Å². The van der Waals surface area contributed by atoms with E-state index in [0.717, 1.165) is 45.4 Å². The highest BCUT2D eigenvalue weighted by molar-refractivity contribution is 5.83. The molecule has 0 aromatic carbocycles. The third-order valence-electron chi connectivity index (χ3n) is 3.82. The first kappa shape index (κ1) is 14.5. The van der Waals surface area contributed by atoms with E-state index in [4.69, 9.17) is 0 Å². The van der Waals surface area contributed by atoms with Crippen LogP contribution in [0.3, 0.4) is 0 Å². The molecule has 1 fully saturated rings. The standard InChI is InChI=1S/C13H27N3O/c1-5-13(7-8-14-11-13)12(17)16(4)10-6-9-15(2)3/h14H,5-11H2,1-4H3. The third-order valence-corrected chi connectivity index (χ3v) is 3.82. The minimum Gasteiger partial charge on any atom is -0.345 e. The topological polar surface area (TPSA) is 35.6 Å². The molecule has 1 aliphatic heterocycles. The molecule has 4 nitrogen and oxygen atoms in total. The number of nitrogens with zero attached hydrogens (tertiary/aromatic N) is 2. The van der Waals surface area contributed by atoms with Gasteiger partial charge in [-0.15, -0.1) is 0 Å². The Morgan fingerprint density at radius 2 is 2.00 bits per heavy atom. The van der Waals surface area contributed by atoms with Gasteiger partial charge in [-0.05, 0) is 46.4 Å². The summed E-state index contributed by atoms with van der Waals surface area (Å²) in [5, 5.41) is 3.32. The summed E-state index contributed by atoms with van der Waals surface area (Å²) in [7, 11) is 6.07. The quantitative estimate of drug-likeness (QED) is 0.747. The molecule has 0 aromatic rings. The molecule has 1 amide bonds. The molecular weight excluding hydrogens is 214 g/mol. The molecule has 1 heterocycles. The van der Waals surface area contributed by atoms with Crippen LogP contribution in [-0.2, 0) is 4.79 Å². The summed E-state index contributed by atoms with van der Waals surface area (Å²) in [5.41, 5.74) is -0.132. The van der Waals surface area contributed by atoms with Crippen LogP contribution in [0.1, 0.15) is 26.2 Å². The smallest absolute Gasteiger partial charge is 0.229 e. The Morgan fingerprint density at radius 3 is 2.47 bits per heavy atom. The van der Waals surface area contributed by atoms with Gasteiger partial charge in [0.1, 0.15) is 0 Å². The molecular formula is C13H27N3O. The van der Waals surface area contributed by atoms with Crippen molar-refractivity contribution < 1.29 is 4.79 Å². The molecule has 1 N–H and O–H groups in total. The molecule has 1 aliphatic rings. The zero-order valence-electron chi connectivity index (χ0n) is 11.8. The number of amides is 1. The first-order valence-electron chi connectivity index (χ1n) is 6.63. The Balaban J connectivity index is 2.44. The summed E-state index contributed by atoms with van der Waals surface area (Å²) in [6, 6.07) is 0. The van der Waals surface area contributed by atoms with Crippen LogP contribution >= 0.6 is 0 Å². The Labute approximate surface area is 105 Å². The zero-order valence-corrected chi connectivity index (χ0v) is 11.8. The van der Waals surface area contributed by atoms with Gasteiger partial charge in [-0.2, -0.15) is 0 Å². The molecule has 1 saturated heterocycles. The maximum atomic E-state index is 12.4. The Kier molecular flexibility index (Phi) is 5.40. The zero-order chi connectivity index (χ0) is 12.9. The highest BCUT2D eigenvalue weighted by Crippen LogP contribution is 2.31. The maximum absolute atomic E-state index is 12.4. The van der Waals surface area contributed by atoms with Gasteiger partial charge < -0.3 is 15.1 Å². The van der Waals surface area contributed by atoms with Crippen LogP contribution in [0.15, 0.2) is 0 Å². The molecule has 0 saturated carbocycles. The molecule has 0 aliphatic carbocycles. The molecule has 100 valence electrons. The number of rotatable bonds is 6. The second kappa shape index (κ2) is 6.36. The highest BCUT2D eigenvalue weighted by atomic mass is 16.2. The van der Waals surface area contributed by atoms with Gasteiger partial charge in [-0.1, -0.05) is 6.92 Å². The van der Waals surface area contributed by atoms with E-state index in [1.165, 1.54) is 0 Å². The molecule has 0 bridgehead atoms. The van der Waals surface area contributed by atoms with Crippen LogP contribution in [0.4, 0.5) is 0 Å². The molecule has 4 heteroatoms. The number of carbonyl (C=O) groups excluding carboxylic acids is 1. The van der Waals surface area contributed by atoms with E-state index in [2.05, 4.69) is 31.2 Å². The largest absolute Gasteiger partial charge is 0.345 e. The van der Waals surface area contributed by atoms with Crippen LogP contribution in [0.2, 0.25) is 0 Å². The fourth-order valence-corrected chi connectivity index (χ4v) is 2.51. The van der Waals surface area contributed by atoms with Crippen LogP contribution in [0, 0.1) is 5.41 Å². The predicted molar refractivity (Wildman–Crippen MR) is 71.0 cm³/mol. The van der Waals surface area contributed by atoms with E-state index in [1.54, 1.807) is 0 Å². The van der Waals surface area contributed by atoms with Crippen molar-refractivity contribution in [3.63, 3.8) is 0 Å². The fourth-order valence-electron chi connectivity index (χ4n) is 2.51. The molecule has 0 aromatic heterocycles. The van der Waals surface area contributed by atoms with Gasteiger partial charge in [0.15, 0.2) is 0 Å². The lowest BCUT2D eigenvalue weighted by Gasteiger charge is -2.31. The van der Waals surface area contributed by atoms with Crippen molar-refractivity contribution >= 4 is 5.91 Å². The fraction of sp³-hybridized carbons (Fsp3) is 0.923. The third kappa shape index (κ3) is 3.68. The first-order valence-corrected chi connectivity index (χ1v) is 6.63. The van der Waals surface area contributed by atoms with Crippen LogP contribution in [0.5, 0.6) is 0 Å². The average Bonchev–Trinajstić information content (AvgIpc) is 2.77. The van der Waals surface area contributed by atoms with Crippen molar-refractivity contribution in [1.29, 1.82) is 0 Å². The summed E-state index contributed by atoms with van der Waals surface area (Å²) in [6.07, 6.45) is 2.97. The Morgan fingerprint density at radius 1 is 1.29 bits per heavy atom. The van der Waals surface area contributed by atoms with Gasteiger partial charge in [0.2, 0.25) is 5.91 Å². The molecule has 1 rings (SSSR count). The summed E-state index contributed by atoms with van der Waals surface area (Å²) >= 11 is 0. The maximum Gasteiger partial charge on any atom is 0.229 e. The molecule has 17 heavy (non-hydrogen) atoms. The number of carbonyl (C=O) groups is 1. The SMILES string of the molecule is CCC1(C(=O)N(C)CCCN(C)C)CCNC1. The van der Waals surface area contributed by atoms with Crippen molar-refractivity contribution in [3.05, 3.63) is 0 Å². The minimum atomic E-state index is -0.132. The second-order valence-corrected chi connectivity index (χ2v) is 5.44. The molecule has 1 unspecified atom stereocenters. The van der Waals surface area contributed by atoms with Crippen molar-refractivity contribution in [2.75, 3.05) is 47.3 Å². The highest BCUT2D eigenvalue weighted by Gasteiger charge is 2.40. The van der Waals surface area contributed by atoms with Crippen molar-refractivity contribution in [1.82, 2.24) is 15.1 Å². The summed E-state index contributed by atoms with van der Waals surface area (Å²) in [4.78, 5) is 16.5. The van der Waals surface area contributed by atoms with E-state index in [9.17, 15) is 4.79 Å². The van der Waals surface area contributed by atoms with Crippen molar-refractivity contribution in [3.8, 4) is 0 Å². The van der Waals surface area contributed by atoms with Gasteiger partial charge in [-0.3, -0.25) is 4.79 Å². The van der Waals surface area contributed by atoms with E-state index < -0.39 is 0 Å². The second-order valence-electron chi connectivity index (χ2n) is 5.44. The van der Waals surface area contributed by atoms with Crippen LogP contribution in [0.25, 0.3) is 0 Å². The molecule has 0 radical (unpaired) electrons. The van der Waals surface area contributed by atoms with E-state index in [1.807, 2.05) is 11.9 Å². The Bertz CT molecular complexity index is 247. The first-order chi connectivity index (χ1) is 8.02. The monoisotopic (exact) mass is 241 g/mol. The lowest BCUT2D eigenvalue weighted by molar-refractivity contribution is -0.140. The molecule has 1 atom stereocenters. The van der Waals surface area contributed by atoms with Gasteiger partial charge in [-0.25, -0.2) is 0 Å². The lowest BCUT2D eigenvalue weighted by atomic mass is 9.83. The van der Waals surface area contributed by atoms with Crippen LogP contribution in [-0.4, -0.2) is 63.0 Å². The average molecular weight is 241 g/mol. The van der Waals surface area contributed by atoms with Gasteiger partial charge in [0.05, 0.1) is 5.41 Å². The lowest BCUT2D eigenvalue weighted by Crippen LogP contribution is -2.43. The van der Waals surface area contributed by atoms with Crippen molar-refractivity contribution in [2.45, 2.75) is 26.2 Å². The number of hydrogen-bond donors (Lipinski definition) is 1. The normalized spacial score (nSPS) is 24.3. The summed E-state index contributed by atoms with van der Waals surface area (Å²) in [5.74, 6) is 0.323. The van der Waals surface area contributed by atoms with Gasteiger partial charge in [0.25, 0.3) is 0 Å². The van der Waals surface area contributed by atoms with Crippen LogP contribution < -0.4 is 5.32 Å². The summed E-state index contributed by atoms with van der Waals surface area (Å²) < 4.78 is 0. The Hall–Kier alpha value is -0.610. The van der Waals surface area contributed by atoms with E-state index in [-0.39, 0.29) is 5.41 Å².